The Hall–Kier alpha value is -2.78. The van der Waals surface area contributed by atoms with Gasteiger partial charge in [0.2, 0.25) is 0 Å². The third-order valence-corrected chi connectivity index (χ3v) is 8.58. The average molecular weight is 537 g/mol. The first-order chi connectivity index (χ1) is 17.8. The minimum atomic E-state index is -5.00. The van der Waals surface area contributed by atoms with E-state index in [1.165, 1.54) is 38.5 Å². The van der Waals surface area contributed by atoms with E-state index in [0.29, 0.717) is 17.9 Å². The summed E-state index contributed by atoms with van der Waals surface area (Å²) in [6, 6.07) is 12.6. The maximum Gasteiger partial charge on any atom is 0.405 e. The van der Waals surface area contributed by atoms with Crippen LogP contribution in [0.15, 0.2) is 48.5 Å². The molecule has 9 heteroatoms. The molecule has 0 unspecified atom stereocenters. The largest absolute Gasteiger partial charge is 0.497 e. The zero-order chi connectivity index (χ0) is 27.9. The van der Waals surface area contributed by atoms with Crippen LogP contribution < -0.4 is 9.47 Å². The topological polar surface area (TPSA) is 74.2 Å². The van der Waals surface area contributed by atoms with Crippen LogP contribution in [0.1, 0.15) is 50.8 Å². The fourth-order valence-corrected chi connectivity index (χ4v) is 6.15. The summed E-state index contributed by atoms with van der Waals surface area (Å²) in [4.78, 5) is 13.1. The summed E-state index contributed by atoms with van der Waals surface area (Å²) >= 11 is 0. The molecule has 2 aromatic carbocycles. The molecule has 0 saturated heterocycles. The molecule has 2 aromatic rings. The number of hydrogen-bond acceptors (Lipinski definition) is 6. The fraction of sp³-hybridized carbons (Fsp3) is 0.552. The van der Waals surface area contributed by atoms with Crippen LogP contribution in [0.5, 0.6) is 11.5 Å². The first kappa shape index (κ1) is 28.2. The number of methoxy groups -OCH3 is 2. The van der Waals surface area contributed by atoms with Crippen molar-refractivity contribution in [3.63, 3.8) is 0 Å². The first-order valence-corrected chi connectivity index (χ1v) is 12.7. The molecule has 0 amide bonds. The molecule has 3 aliphatic rings. The molecule has 6 nitrogen and oxygen atoms in total. The smallest absolute Gasteiger partial charge is 0.405 e. The Morgan fingerprint density at radius 2 is 1.63 bits per heavy atom. The van der Waals surface area contributed by atoms with E-state index in [2.05, 4.69) is 13.8 Å². The fourth-order valence-electron chi connectivity index (χ4n) is 6.15. The number of aliphatic hydroxyl groups excluding tert-OH is 1. The number of rotatable bonds is 9. The SMILES string of the molecule is COc1cc(CO[C@@]2(C)[C@@H](OC(=O)[C@H]([C@@H](O)c3ccccc3)C(F)(F)F)C[C@H]3C[C@@H]2C3(C)C)cc(OC)c1. The summed E-state index contributed by atoms with van der Waals surface area (Å²) in [5, 5.41) is 10.6. The molecular formula is C29H35F3O6. The summed E-state index contributed by atoms with van der Waals surface area (Å²) < 4.78 is 64.9. The molecule has 3 fully saturated rings. The minimum Gasteiger partial charge on any atom is -0.497 e. The van der Waals surface area contributed by atoms with Crippen LogP contribution in [0.2, 0.25) is 0 Å². The van der Waals surface area contributed by atoms with Crippen molar-refractivity contribution in [3.8, 4) is 11.5 Å². The van der Waals surface area contributed by atoms with Crippen LogP contribution in [0.25, 0.3) is 0 Å². The predicted octanol–water partition coefficient (Wildman–Crippen LogP) is 5.87. The summed E-state index contributed by atoms with van der Waals surface area (Å²) in [6.07, 6.45) is -6.80. The highest BCUT2D eigenvalue weighted by Gasteiger charge is 2.66. The maximum atomic E-state index is 14.1. The summed E-state index contributed by atoms with van der Waals surface area (Å²) in [7, 11) is 3.07. The van der Waals surface area contributed by atoms with Crippen molar-refractivity contribution in [1.29, 1.82) is 0 Å². The van der Waals surface area contributed by atoms with Gasteiger partial charge in [-0.25, -0.2) is 0 Å². The number of carbonyl (C=O) groups is 1. The molecule has 3 saturated carbocycles. The number of fused-ring (bicyclic) bond motifs is 2. The number of carbonyl (C=O) groups excluding carboxylic acids is 1. The van der Waals surface area contributed by atoms with Gasteiger partial charge in [-0.1, -0.05) is 44.2 Å². The Morgan fingerprint density at radius 3 is 2.16 bits per heavy atom. The maximum absolute atomic E-state index is 14.1. The Morgan fingerprint density at radius 1 is 1.03 bits per heavy atom. The molecule has 208 valence electrons. The lowest BCUT2D eigenvalue weighted by Gasteiger charge is -2.65. The van der Waals surface area contributed by atoms with Crippen LogP contribution in [0.3, 0.4) is 0 Å². The van der Waals surface area contributed by atoms with Gasteiger partial charge in [0.05, 0.1) is 20.8 Å². The lowest BCUT2D eigenvalue weighted by Crippen LogP contribution is -2.68. The zero-order valence-corrected chi connectivity index (χ0v) is 22.2. The van der Waals surface area contributed by atoms with Gasteiger partial charge >= 0.3 is 12.1 Å². The van der Waals surface area contributed by atoms with E-state index >= 15 is 0 Å². The molecule has 0 spiro atoms. The number of esters is 1. The number of benzene rings is 2. The number of aliphatic hydroxyl groups is 1. The Bertz CT molecular complexity index is 1110. The molecule has 6 atom stereocenters. The van der Waals surface area contributed by atoms with E-state index in [0.717, 1.165) is 12.0 Å². The normalized spacial score (nSPS) is 27.6. The molecule has 0 radical (unpaired) electrons. The number of ether oxygens (including phenoxy) is 4. The summed E-state index contributed by atoms with van der Waals surface area (Å²) in [5.41, 5.74) is -0.431. The minimum absolute atomic E-state index is 0.00890. The highest BCUT2D eigenvalue weighted by Crippen LogP contribution is 2.64. The van der Waals surface area contributed by atoms with E-state index in [4.69, 9.17) is 18.9 Å². The Kier molecular flexibility index (Phi) is 7.74. The van der Waals surface area contributed by atoms with Crippen molar-refractivity contribution in [2.24, 2.45) is 23.2 Å². The third kappa shape index (κ3) is 5.23. The molecule has 1 N–H and O–H groups in total. The number of alkyl halides is 3. The monoisotopic (exact) mass is 536 g/mol. The van der Waals surface area contributed by atoms with Crippen molar-refractivity contribution >= 4 is 5.97 Å². The van der Waals surface area contributed by atoms with E-state index in [1.54, 1.807) is 31.2 Å². The van der Waals surface area contributed by atoms with Crippen molar-refractivity contribution in [2.45, 2.75) is 64.2 Å². The van der Waals surface area contributed by atoms with Gasteiger partial charge in [0.25, 0.3) is 0 Å². The second-order valence-electron chi connectivity index (χ2n) is 11.0. The molecule has 0 aliphatic heterocycles. The second-order valence-corrected chi connectivity index (χ2v) is 11.0. The van der Waals surface area contributed by atoms with Crippen LogP contribution >= 0.6 is 0 Å². The molecule has 2 bridgehead atoms. The summed E-state index contributed by atoms with van der Waals surface area (Å²) in [5.74, 6) is -2.93. The molecule has 5 rings (SSSR count). The first-order valence-electron chi connectivity index (χ1n) is 12.7. The molecule has 0 aromatic heterocycles. The van der Waals surface area contributed by atoms with Gasteiger partial charge in [-0.05, 0) is 60.3 Å². The van der Waals surface area contributed by atoms with Crippen molar-refractivity contribution in [3.05, 3.63) is 59.7 Å². The highest BCUT2D eigenvalue weighted by molar-refractivity contribution is 5.74. The van der Waals surface area contributed by atoms with E-state index in [1.807, 2.05) is 0 Å². The van der Waals surface area contributed by atoms with Gasteiger partial charge in [0, 0.05) is 6.07 Å². The van der Waals surface area contributed by atoms with E-state index in [9.17, 15) is 23.1 Å². The second kappa shape index (κ2) is 10.4. The van der Waals surface area contributed by atoms with Crippen molar-refractivity contribution in [2.75, 3.05) is 14.2 Å². The molecule has 0 heterocycles. The number of halogens is 3. The van der Waals surface area contributed by atoms with Crippen molar-refractivity contribution in [1.82, 2.24) is 0 Å². The van der Waals surface area contributed by atoms with Crippen LogP contribution in [0, 0.1) is 23.2 Å². The van der Waals surface area contributed by atoms with Crippen LogP contribution in [-0.4, -0.2) is 43.2 Å². The van der Waals surface area contributed by atoms with Crippen LogP contribution in [0.4, 0.5) is 13.2 Å². The lowest BCUT2D eigenvalue weighted by molar-refractivity contribution is -0.281. The van der Waals surface area contributed by atoms with Crippen molar-refractivity contribution < 1.29 is 42.0 Å². The van der Waals surface area contributed by atoms with Crippen LogP contribution in [-0.2, 0) is 20.9 Å². The quantitative estimate of drug-likeness (QED) is 0.404. The zero-order valence-electron chi connectivity index (χ0n) is 22.2. The van der Waals surface area contributed by atoms with Gasteiger partial charge in [-0.15, -0.1) is 0 Å². The standard InChI is InChI=1S/C29H35F3O6/c1-27(2)19-13-22(27)28(3,37-16-17-11-20(35-4)15-21(12-17)36-5)23(14-19)38-26(34)24(29(30,31)32)25(33)18-9-7-6-8-10-18/h6-12,15,19,22-25,33H,13-14,16H2,1-5H3/t19-,22-,23+,24+,25+,28-/m1/s1. The third-order valence-electron chi connectivity index (χ3n) is 8.58. The molecule has 38 heavy (non-hydrogen) atoms. The van der Waals surface area contributed by atoms with E-state index < -0.39 is 35.9 Å². The summed E-state index contributed by atoms with van der Waals surface area (Å²) in [6.45, 7) is 6.14. The van der Waals surface area contributed by atoms with Gasteiger partial charge in [0.1, 0.15) is 29.3 Å². The molecular weight excluding hydrogens is 501 g/mol. The lowest BCUT2D eigenvalue weighted by atomic mass is 9.43. The van der Waals surface area contributed by atoms with Gasteiger partial charge in [0.15, 0.2) is 5.92 Å². The molecule has 3 aliphatic carbocycles. The Labute approximate surface area is 221 Å². The van der Waals surface area contributed by atoms with E-state index in [-0.39, 0.29) is 29.4 Å². The van der Waals surface area contributed by atoms with Gasteiger partial charge in [-0.3, -0.25) is 4.79 Å². The van der Waals surface area contributed by atoms with Gasteiger partial charge in [-0.2, -0.15) is 13.2 Å². The Balaban J connectivity index is 1.59. The van der Waals surface area contributed by atoms with Gasteiger partial charge < -0.3 is 24.1 Å². The predicted molar refractivity (Wildman–Crippen MR) is 134 cm³/mol. The number of hydrogen-bond donors (Lipinski definition) is 1. The average Bonchev–Trinajstić information content (AvgIpc) is 2.87. The highest BCUT2D eigenvalue weighted by atomic mass is 19.4.